The molecule has 5 rings (SSSR count). The molecule has 3 aliphatic rings. The Labute approximate surface area is 251 Å². The number of ketones is 1. The minimum atomic E-state index is -1.76. The second-order valence-corrected chi connectivity index (χ2v) is 10.8. The number of Topliss-reactive ketones (excluding diaryl/α,β-unsaturated/α-hetero) is 1. The Bertz CT molecular complexity index is 1340. The van der Waals surface area contributed by atoms with Gasteiger partial charge in [0.2, 0.25) is 6.29 Å². The van der Waals surface area contributed by atoms with E-state index < -0.39 is 79.9 Å². The topological polar surface area (TPSA) is 223 Å². The summed E-state index contributed by atoms with van der Waals surface area (Å²) in [4.78, 5) is 13.0. The Balaban J connectivity index is 1.31. The van der Waals surface area contributed by atoms with Gasteiger partial charge in [0, 0.05) is 12.1 Å². The third-order valence-electron chi connectivity index (χ3n) is 7.91. The Morgan fingerprint density at radius 3 is 2.20 bits per heavy atom. The van der Waals surface area contributed by atoms with E-state index in [1.807, 2.05) is 0 Å². The van der Waals surface area contributed by atoms with Crippen molar-refractivity contribution in [1.82, 2.24) is 0 Å². The van der Waals surface area contributed by atoms with Crippen LogP contribution in [0, 0.1) is 0 Å². The summed E-state index contributed by atoms with van der Waals surface area (Å²) in [6.45, 7) is 0.982. The number of benzene rings is 2. The van der Waals surface area contributed by atoms with Gasteiger partial charge in [-0.2, -0.15) is 0 Å². The molecule has 2 aromatic rings. The fourth-order valence-corrected chi connectivity index (χ4v) is 5.35. The maximum absolute atomic E-state index is 13.0. The molecule has 15 heteroatoms. The van der Waals surface area contributed by atoms with Gasteiger partial charge in [-0.3, -0.25) is 4.79 Å². The summed E-state index contributed by atoms with van der Waals surface area (Å²) in [5, 5.41) is 72.3. The number of phenols is 1. The molecule has 242 valence electrons. The van der Waals surface area contributed by atoms with Crippen molar-refractivity contribution in [3.63, 3.8) is 0 Å². The van der Waals surface area contributed by atoms with E-state index >= 15 is 0 Å². The Kier molecular flexibility index (Phi) is 9.50. The third kappa shape index (κ3) is 6.15. The molecular formula is C29H36O15. The molecule has 0 unspecified atom stereocenters. The van der Waals surface area contributed by atoms with Crippen molar-refractivity contribution in [3.8, 4) is 28.7 Å². The van der Waals surface area contributed by atoms with E-state index in [0.29, 0.717) is 17.1 Å². The van der Waals surface area contributed by atoms with Crippen LogP contribution in [0.5, 0.6) is 28.7 Å². The van der Waals surface area contributed by atoms with Gasteiger partial charge in [0.15, 0.2) is 23.6 Å². The minimum Gasteiger partial charge on any atom is -0.507 e. The number of hydrogen-bond acceptors (Lipinski definition) is 15. The van der Waals surface area contributed by atoms with E-state index in [1.165, 1.54) is 27.2 Å². The first-order valence-electron chi connectivity index (χ1n) is 13.9. The average Bonchev–Trinajstić information content (AvgIpc) is 3.01. The quantitative estimate of drug-likeness (QED) is 0.190. The molecule has 44 heavy (non-hydrogen) atoms. The highest BCUT2D eigenvalue weighted by molar-refractivity contribution is 6.02. The number of phenolic OH excluding ortho intramolecular Hbond substituents is 1. The van der Waals surface area contributed by atoms with E-state index in [9.17, 15) is 40.5 Å². The molecule has 7 N–H and O–H groups in total. The number of carbonyl (C=O) groups excluding carboxylic acids is 1. The predicted octanol–water partition coefficient (Wildman–Crippen LogP) is -0.854. The summed E-state index contributed by atoms with van der Waals surface area (Å²) in [5.74, 6) is -0.00697. The first-order chi connectivity index (χ1) is 20.9. The van der Waals surface area contributed by atoms with Crippen LogP contribution in [0.15, 0.2) is 30.3 Å². The molecule has 15 nitrogen and oxygen atoms in total. The minimum absolute atomic E-state index is 0.0000931. The number of fused-ring (bicyclic) bond motifs is 1. The van der Waals surface area contributed by atoms with Crippen molar-refractivity contribution in [2.75, 3.05) is 20.8 Å². The lowest BCUT2D eigenvalue weighted by molar-refractivity contribution is -0.318. The lowest BCUT2D eigenvalue weighted by Crippen LogP contribution is -2.61. The maximum atomic E-state index is 13.0. The third-order valence-corrected chi connectivity index (χ3v) is 7.91. The lowest BCUT2D eigenvalue weighted by Gasteiger charge is -2.42. The summed E-state index contributed by atoms with van der Waals surface area (Å²) >= 11 is 0. The summed E-state index contributed by atoms with van der Waals surface area (Å²) in [5.41, 5.74) is 0.551. The van der Waals surface area contributed by atoms with Crippen molar-refractivity contribution >= 4 is 5.78 Å². The molecule has 0 aliphatic carbocycles. The number of aliphatic hydroxyl groups excluding tert-OH is 6. The van der Waals surface area contributed by atoms with E-state index in [0.717, 1.165) is 6.07 Å². The summed E-state index contributed by atoms with van der Waals surface area (Å²) in [6.07, 6.45) is -15.7. The van der Waals surface area contributed by atoms with Gasteiger partial charge < -0.3 is 68.9 Å². The number of ether oxygens (including phenoxy) is 7. The molecule has 0 amide bonds. The highest BCUT2D eigenvalue weighted by atomic mass is 16.7. The fourth-order valence-electron chi connectivity index (χ4n) is 5.35. The largest absolute Gasteiger partial charge is 0.507 e. The van der Waals surface area contributed by atoms with Crippen molar-refractivity contribution in [3.05, 3.63) is 41.5 Å². The molecule has 3 heterocycles. The van der Waals surface area contributed by atoms with Crippen molar-refractivity contribution in [2.45, 2.75) is 80.9 Å². The number of aromatic hydroxyl groups is 1. The summed E-state index contributed by atoms with van der Waals surface area (Å²) in [7, 11) is 2.97. The van der Waals surface area contributed by atoms with Crippen LogP contribution in [0.4, 0.5) is 0 Å². The zero-order valence-electron chi connectivity index (χ0n) is 24.0. The molecule has 2 saturated heterocycles. The predicted molar refractivity (Wildman–Crippen MR) is 146 cm³/mol. The Morgan fingerprint density at radius 2 is 1.50 bits per heavy atom. The molecule has 11 atom stereocenters. The number of rotatable bonds is 8. The molecule has 2 aromatic carbocycles. The van der Waals surface area contributed by atoms with E-state index in [4.69, 9.17) is 33.2 Å². The van der Waals surface area contributed by atoms with Crippen LogP contribution in [0.1, 0.15) is 35.4 Å². The molecular weight excluding hydrogens is 588 g/mol. The van der Waals surface area contributed by atoms with Gasteiger partial charge in [0.1, 0.15) is 71.6 Å². The van der Waals surface area contributed by atoms with Crippen molar-refractivity contribution in [2.24, 2.45) is 0 Å². The van der Waals surface area contributed by atoms with E-state index in [2.05, 4.69) is 0 Å². The fraction of sp³-hybridized carbons (Fsp3) is 0.552. The molecule has 3 aliphatic heterocycles. The standard InChI is InChI=1S/C29H36O15/c1-11-22(32)24(34)26(36)28(41-11)40-10-20-23(33)25(35)27(37)29(44-20)42-13-7-14(30)21-15(31)9-17(43-19(21)8-13)12-4-5-16(38-2)18(6-12)39-3/h4-8,11,17,20,22-30,32-37H,9-10H2,1-3H3/t11-,17-,20+,22-,23+,24+,25-,26+,27+,28-,29+/m0/s1. The van der Waals surface area contributed by atoms with Crippen molar-refractivity contribution < 1.29 is 73.7 Å². The second kappa shape index (κ2) is 13.0. The zero-order valence-corrected chi connectivity index (χ0v) is 24.0. The molecule has 0 aromatic heterocycles. The van der Waals surface area contributed by atoms with Gasteiger partial charge in [-0.15, -0.1) is 0 Å². The SMILES string of the molecule is COc1ccc([C@@H]2CC(=O)c3c(O)cc(O[C@@H]4O[C@H](CO[C@H]5O[C@@H](C)[C@H](O)[C@@H](O)[C@H]5O)[C@@H](O)[C@H](O)[C@H]4O)cc3O2)cc1OC. The maximum Gasteiger partial charge on any atom is 0.229 e. The summed E-state index contributed by atoms with van der Waals surface area (Å²) < 4.78 is 38.9. The van der Waals surface area contributed by atoms with Crippen LogP contribution < -0.4 is 18.9 Å². The van der Waals surface area contributed by atoms with E-state index in [-0.39, 0.29) is 29.3 Å². The van der Waals surface area contributed by atoms with Gasteiger partial charge in [0.25, 0.3) is 0 Å². The first kappa shape index (κ1) is 32.2. The van der Waals surface area contributed by atoms with Gasteiger partial charge in [0.05, 0.1) is 33.4 Å². The van der Waals surface area contributed by atoms with Gasteiger partial charge in [-0.05, 0) is 24.6 Å². The van der Waals surface area contributed by atoms with Gasteiger partial charge in [-0.1, -0.05) is 6.07 Å². The summed E-state index contributed by atoms with van der Waals surface area (Å²) in [6, 6.07) is 7.50. The average molecular weight is 625 g/mol. The van der Waals surface area contributed by atoms with E-state index in [1.54, 1.807) is 18.2 Å². The number of carbonyl (C=O) groups is 1. The zero-order chi connectivity index (χ0) is 31.9. The van der Waals surface area contributed by atoms with Crippen LogP contribution in [-0.4, -0.2) is 124 Å². The first-order valence-corrected chi connectivity index (χ1v) is 13.9. The Hall–Kier alpha value is -3.25. The second-order valence-electron chi connectivity index (χ2n) is 10.8. The smallest absolute Gasteiger partial charge is 0.229 e. The van der Waals surface area contributed by atoms with Crippen LogP contribution in [0.3, 0.4) is 0 Å². The van der Waals surface area contributed by atoms with Gasteiger partial charge in [-0.25, -0.2) is 0 Å². The molecule has 0 bridgehead atoms. The lowest BCUT2D eigenvalue weighted by atomic mass is 9.95. The monoisotopic (exact) mass is 624 g/mol. The van der Waals surface area contributed by atoms with Crippen molar-refractivity contribution in [1.29, 1.82) is 0 Å². The highest BCUT2D eigenvalue weighted by Crippen LogP contribution is 2.43. The number of aliphatic hydroxyl groups is 6. The van der Waals surface area contributed by atoms with Crippen LogP contribution >= 0.6 is 0 Å². The van der Waals surface area contributed by atoms with Crippen LogP contribution in [0.25, 0.3) is 0 Å². The molecule has 0 radical (unpaired) electrons. The molecule has 0 saturated carbocycles. The molecule has 2 fully saturated rings. The highest BCUT2D eigenvalue weighted by Gasteiger charge is 2.47. The number of hydrogen-bond donors (Lipinski definition) is 7. The van der Waals surface area contributed by atoms with Gasteiger partial charge >= 0.3 is 0 Å². The Morgan fingerprint density at radius 1 is 0.818 bits per heavy atom. The van der Waals surface area contributed by atoms with Crippen LogP contribution in [0.2, 0.25) is 0 Å². The normalized spacial score (nSPS) is 35.4. The molecule has 0 spiro atoms. The van der Waals surface area contributed by atoms with Crippen LogP contribution in [-0.2, 0) is 14.2 Å². The number of methoxy groups -OCH3 is 2.